The van der Waals surface area contributed by atoms with Gasteiger partial charge in [-0.05, 0) is 50.8 Å². The fourth-order valence-electron chi connectivity index (χ4n) is 3.12. The van der Waals surface area contributed by atoms with Crippen molar-refractivity contribution in [2.24, 2.45) is 4.99 Å². The fraction of sp³-hybridized carbons (Fsp3) is 0.632. The summed E-state index contributed by atoms with van der Waals surface area (Å²) in [7, 11) is 0. The summed E-state index contributed by atoms with van der Waals surface area (Å²) in [6.07, 6.45) is 4.14. The Morgan fingerprint density at radius 1 is 1.25 bits per heavy atom. The zero-order valence-corrected chi connectivity index (χ0v) is 15.0. The first kappa shape index (κ1) is 18.7. The second kappa shape index (κ2) is 10.3. The molecule has 1 saturated heterocycles. The summed E-state index contributed by atoms with van der Waals surface area (Å²) in [5.41, 5.74) is 0.727. The molecule has 2 rings (SSSR count). The standard InChI is InChI=1S/C19H31FN4/c1-3-13-24-14-10-17(11-15-24)23-19(21-4-2)22-12-9-16-7-5-6-8-18(16)20/h5-8,17H,3-4,9-15H2,1-2H3,(H2,21,22,23). The van der Waals surface area contributed by atoms with E-state index in [1.54, 1.807) is 6.07 Å². The Labute approximate surface area is 145 Å². The van der Waals surface area contributed by atoms with Gasteiger partial charge in [-0.25, -0.2) is 4.39 Å². The molecule has 0 bridgehead atoms. The van der Waals surface area contributed by atoms with E-state index in [0.717, 1.165) is 44.0 Å². The summed E-state index contributed by atoms with van der Waals surface area (Å²) in [4.78, 5) is 7.14. The van der Waals surface area contributed by atoms with Crippen molar-refractivity contribution < 1.29 is 4.39 Å². The van der Waals surface area contributed by atoms with Crippen molar-refractivity contribution in [3.8, 4) is 0 Å². The normalized spacial score (nSPS) is 17.0. The molecule has 0 saturated carbocycles. The van der Waals surface area contributed by atoms with E-state index in [1.807, 2.05) is 12.1 Å². The van der Waals surface area contributed by atoms with E-state index in [9.17, 15) is 4.39 Å². The Morgan fingerprint density at radius 2 is 2.00 bits per heavy atom. The van der Waals surface area contributed by atoms with Gasteiger partial charge in [-0.1, -0.05) is 25.1 Å². The van der Waals surface area contributed by atoms with Gasteiger partial charge in [-0.2, -0.15) is 0 Å². The van der Waals surface area contributed by atoms with Gasteiger partial charge < -0.3 is 15.5 Å². The van der Waals surface area contributed by atoms with Crippen molar-refractivity contribution in [3.63, 3.8) is 0 Å². The minimum Gasteiger partial charge on any atom is -0.357 e. The molecule has 0 aliphatic carbocycles. The maximum absolute atomic E-state index is 13.6. The molecule has 0 aromatic heterocycles. The van der Waals surface area contributed by atoms with Crippen LogP contribution in [0.25, 0.3) is 0 Å². The van der Waals surface area contributed by atoms with Gasteiger partial charge in [0.1, 0.15) is 5.82 Å². The summed E-state index contributed by atoms with van der Waals surface area (Å²) in [6, 6.07) is 7.40. The second-order valence-electron chi connectivity index (χ2n) is 6.36. The lowest BCUT2D eigenvalue weighted by Crippen LogP contribution is -2.48. The zero-order chi connectivity index (χ0) is 17.2. The van der Waals surface area contributed by atoms with Crippen LogP contribution in [0, 0.1) is 5.82 Å². The minimum atomic E-state index is -0.144. The van der Waals surface area contributed by atoms with Gasteiger partial charge in [0.05, 0.1) is 0 Å². The zero-order valence-electron chi connectivity index (χ0n) is 15.0. The summed E-state index contributed by atoms with van der Waals surface area (Å²) in [5.74, 6) is 0.705. The van der Waals surface area contributed by atoms with Crippen LogP contribution >= 0.6 is 0 Å². The van der Waals surface area contributed by atoms with Crippen molar-refractivity contribution in [2.45, 2.75) is 45.6 Å². The van der Waals surface area contributed by atoms with E-state index < -0.39 is 0 Å². The summed E-state index contributed by atoms with van der Waals surface area (Å²) in [5, 5.41) is 6.84. The molecule has 0 atom stereocenters. The number of benzene rings is 1. The summed E-state index contributed by atoms with van der Waals surface area (Å²) in [6.45, 7) is 9.22. The van der Waals surface area contributed by atoms with Gasteiger partial charge in [0, 0.05) is 32.2 Å². The first-order valence-corrected chi connectivity index (χ1v) is 9.23. The van der Waals surface area contributed by atoms with Gasteiger partial charge in [0.2, 0.25) is 0 Å². The Balaban J connectivity index is 1.82. The number of likely N-dealkylation sites (tertiary alicyclic amines) is 1. The Kier molecular flexibility index (Phi) is 8.02. The van der Waals surface area contributed by atoms with Crippen molar-refractivity contribution in [1.82, 2.24) is 15.5 Å². The van der Waals surface area contributed by atoms with Crippen molar-refractivity contribution >= 4 is 5.96 Å². The topological polar surface area (TPSA) is 39.7 Å². The monoisotopic (exact) mass is 334 g/mol. The lowest BCUT2D eigenvalue weighted by molar-refractivity contribution is 0.206. The highest BCUT2D eigenvalue weighted by molar-refractivity contribution is 5.80. The third kappa shape index (κ3) is 6.11. The predicted molar refractivity (Wildman–Crippen MR) is 99.0 cm³/mol. The molecule has 5 heteroatoms. The number of halogens is 1. The molecular formula is C19H31FN4. The van der Waals surface area contributed by atoms with Crippen LogP contribution in [0.15, 0.2) is 29.3 Å². The molecule has 4 nitrogen and oxygen atoms in total. The molecule has 24 heavy (non-hydrogen) atoms. The highest BCUT2D eigenvalue weighted by Crippen LogP contribution is 2.11. The molecule has 1 aliphatic heterocycles. The molecule has 0 radical (unpaired) electrons. The van der Waals surface area contributed by atoms with E-state index >= 15 is 0 Å². The summed E-state index contributed by atoms with van der Waals surface area (Å²) < 4.78 is 13.6. The molecule has 1 aliphatic rings. The Morgan fingerprint density at radius 3 is 2.67 bits per heavy atom. The van der Waals surface area contributed by atoms with Crippen LogP contribution in [0.4, 0.5) is 4.39 Å². The van der Waals surface area contributed by atoms with Gasteiger partial charge >= 0.3 is 0 Å². The Bertz CT molecular complexity index is 510. The molecule has 0 amide bonds. The number of nitrogens with one attached hydrogen (secondary N) is 2. The number of hydrogen-bond donors (Lipinski definition) is 2. The quantitative estimate of drug-likeness (QED) is 0.595. The number of rotatable bonds is 7. The largest absolute Gasteiger partial charge is 0.357 e. The summed E-state index contributed by atoms with van der Waals surface area (Å²) >= 11 is 0. The van der Waals surface area contributed by atoms with Crippen LogP contribution in [0.3, 0.4) is 0 Å². The number of piperidine rings is 1. The van der Waals surface area contributed by atoms with E-state index in [0.29, 0.717) is 19.0 Å². The maximum Gasteiger partial charge on any atom is 0.191 e. The lowest BCUT2D eigenvalue weighted by atomic mass is 10.1. The van der Waals surface area contributed by atoms with Crippen molar-refractivity contribution in [1.29, 1.82) is 0 Å². The van der Waals surface area contributed by atoms with E-state index in [1.165, 1.54) is 19.0 Å². The smallest absolute Gasteiger partial charge is 0.191 e. The van der Waals surface area contributed by atoms with Crippen molar-refractivity contribution in [3.05, 3.63) is 35.6 Å². The first-order valence-electron chi connectivity index (χ1n) is 9.23. The third-order valence-corrected chi connectivity index (χ3v) is 4.42. The second-order valence-corrected chi connectivity index (χ2v) is 6.36. The number of guanidine groups is 1. The number of aliphatic imine (C=N–C) groups is 1. The number of hydrogen-bond acceptors (Lipinski definition) is 2. The van der Waals surface area contributed by atoms with Gasteiger partial charge in [-0.3, -0.25) is 4.99 Å². The first-order chi connectivity index (χ1) is 11.7. The molecule has 1 fully saturated rings. The van der Waals surface area contributed by atoms with Crippen LogP contribution in [0.1, 0.15) is 38.7 Å². The molecule has 2 N–H and O–H groups in total. The SMILES string of the molecule is CCCN1CCC(NC(=NCCc2ccccc2F)NCC)CC1. The van der Waals surface area contributed by atoms with Crippen LogP contribution in [0.5, 0.6) is 0 Å². The van der Waals surface area contributed by atoms with Crippen LogP contribution < -0.4 is 10.6 Å². The molecule has 1 aromatic carbocycles. The highest BCUT2D eigenvalue weighted by atomic mass is 19.1. The minimum absolute atomic E-state index is 0.144. The molecule has 0 spiro atoms. The average Bonchev–Trinajstić information content (AvgIpc) is 2.59. The average molecular weight is 334 g/mol. The highest BCUT2D eigenvalue weighted by Gasteiger charge is 2.19. The lowest BCUT2D eigenvalue weighted by Gasteiger charge is -2.32. The van der Waals surface area contributed by atoms with Crippen molar-refractivity contribution in [2.75, 3.05) is 32.7 Å². The van der Waals surface area contributed by atoms with E-state index in [-0.39, 0.29) is 5.82 Å². The van der Waals surface area contributed by atoms with Gasteiger partial charge in [0.25, 0.3) is 0 Å². The van der Waals surface area contributed by atoms with Crippen LogP contribution in [-0.4, -0.2) is 49.6 Å². The van der Waals surface area contributed by atoms with Crippen LogP contribution in [-0.2, 0) is 6.42 Å². The molecule has 0 unspecified atom stereocenters. The third-order valence-electron chi connectivity index (χ3n) is 4.42. The maximum atomic E-state index is 13.6. The molecule has 134 valence electrons. The molecular weight excluding hydrogens is 303 g/mol. The van der Waals surface area contributed by atoms with Crippen LogP contribution in [0.2, 0.25) is 0 Å². The number of nitrogens with zero attached hydrogens (tertiary/aromatic N) is 2. The predicted octanol–water partition coefficient (Wildman–Crippen LogP) is 2.80. The van der Waals surface area contributed by atoms with Gasteiger partial charge in [-0.15, -0.1) is 0 Å². The van der Waals surface area contributed by atoms with E-state index in [2.05, 4.69) is 34.4 Å². The Hall–Kier alpha value is -1.62. The fourth-order valence-corrected chi connectivity index (χ4v) is 3.12. The van der Waals surface area contributed by atoms with E-state index in [4.69, 9.17) is 0 Å². The van der Waals surface area contributed by atoms with Gasteiger partial charge in [0.15, 0.2) is 5.96 Å². The molecule has 1 heterocycles. The molecule has 1 aromatic rings.